The smallest absolute Gasteiger partial charge is 0.319 e. The number of amides is 3. The molecule has 1 heterocycles. The second-order valence-corrected chi connectivity index (χ2v) is 7.76. The first-order valence-corrected chi connectivity index (χ1v) is 10.3. The van der Waals surface area contributed by atoms with Crippen molar-refractivity contribution >= 4 is 39.0 Å². The van der Waals surface area contributed by atoms with Crippen LogP contribution in [0.3, 0.4) is 0 Å². The number of carbonyl (C=O) groups excluding carboxylic acids is 2. The van der Waals surface area contributed by atoms with Gasteiger partial charge < -0.3 is 15.4 Å². The summed E-state index contributed by atoms with van der Waals surface area (Å²) in [6, 6.07) is 23.6. The highest BCUT2D eigenvalue weighted by Crippen LogP contribution is 2.27. The molecule has 0 unspecified atom stereocenters. The number of fused-ring (bicyclic) bond motifs is 1. The second-order valence-electron chi connectivity index (χ2n) is 6.67. The lowest BCUT2D eigenvalue weighted by molar-refractivity contribution is 0.0711. The van der Waals surface area contributed by atoms with E-state index in [0.717, 1.165) is 15.6 Å². The summed E-state index contributed by atoms with van der Waals surface area (Å²) in [4.78, 5) is 24.3. The number of urea groups is 1. The van der Waals surface area contributed by atoms with Gasteiger partial charge in [-0.05, 0) is 47.3 Å². The third kappa shape index (κ3) is 5.19. The van der Waals surface area contributed by atoms with Crippen molar-refractivity contribution in [1.82, 2.24) is 10.8 Å². The van der Waals surface area contributed by atoms with E-state index in [4.69, 9.17) is 9.94 Å². The van der Waals surface area contributed by atoms with Crippen molar-refractivity contribution in [2.75, 3.05) is 5.32 Å². The fraction of sp³-hybridized carbons (Fsp3) is 0.0435. The minimum atomic E-state index is -0.543. The number of benzene rings is 3. The van der Waals surface area contributed by atoms with Crippen LogP contribution in [0.5, 0.6) is 11.5 Å². The van der Waals surface area contributed by atoms with E-state index in [1.165, 1.54) is 11.3 Å². The number of hydrogen-bond donors (Lipinski definition) is 4. The highest BCUT2D eigenvalue weighted by atomic mass is 32.1. The van der Waals surface area contributed by atoms with Crippen LogP contribution >= 0.6 is 11.3 Å². The Hall–Kier alpha value is -3.88. The molecule has 0 aliphatic heterocycles. The largest absolute Gasteiger partial charge is 0.457 e. The molecule has 4 N–H and O–H groups in total. The Kier molecular flexibility index (Phi) is 6.11. The fourth-order valence-corrected chi connectivity index (χ4v) is 3.99. The molecule has 4 aromatic rings. The SMILES string of the molecule is O=C(NCc1ccc2cc(C(=O)NO)sc2c1)Nc1cccc(Oc2ccccc2)c1. The summed E-state index contributed by atoms with van der Waals surface area (Å²) in [5.74, 6) is 0.793. The molecule has 0 aliphatic rings. The van der Waals surface area contributed by atoms with Gasteiger partial charge in [0.1, 0.15) is 11.5 Å². The van der Waals surface area contributed by atoms with Gasteiger partial charge in [0, 0.05) is 23.0 Å². The molecule has 0 saturated heterocycles. The summed E-state index contributed by atoms with van der Waals surface area (Å²) in [6.45, 7) is 0.321. The van der Waals surface area contributed by atoms with Crippen molar-refractivity contribution in [3.63, 3.8) is 0 Å². The number of hydroxylamine groups is 1. The first-order chi connectivity index (χ1) is 15.1. The van der Waals surface area contributed by atoms with Gasteiger partial charge in [0.2, 0.25) is 0 Å². The Labute approximate surface area is 182 Å². The summed E-state index contributed by atoms with van der Waals surface area (Å²) >= 11 is 1.27. The van der Waals surface area contributed by atoms with Crippen molar-refractivity contribution in [2.24, 2.45) is 0 Å². The molecule has 0 bridgehead atoms. The molecule has 31 heavy (non-hydrogen) atoms. The van der Waals surface area contributed by atoms with E-state index in [2.05, 4.69) is 10.6 Å². The molecular weight excluding hydrogens is 414 g/mol. The zero-order valence-electron chi connectivity index (χ0n) is 16.3. The molecule has 8 heteroatoms. The topological polar surface area (TPSA) is 99.7 Å². The number of nitrogens with one attached hydrogen (secondary N) is 3. The standard InChI is InChI=1S/C23H19N3O4S/c27-22(26-29)21-12-16-10-9-15(11-20(16)31-21)14-24-23(28)25-17-5-4-8-19(13-17)30-18-6-2-1-3-7-18/h1-13,29H,14H2,(H,26,27)(H2,24,25,28). The van der Waals surface area contributed by atoms with Crippen molar-refractivity contribution in [3.05, 3.63) is 89.3 Å². The molecule has 1 aromatic heterocycles. The van der Waals surface area contributed by atoms with Gasteiger partial charge in [-0.15, -0.1) is 11.3 Å². The molecular formula is C23H19N3O4S. The van der Waals surface area contributed by atoms with Crippen LogP contribution in [-0.2, 0) is 6.54 Å². The molecule has 0 spiro atoms. The number of rotatable bonds is 6. The number of anilines is 1. The van der Waals surface area contributed by atoms with Crippen LogP contribution in [-0.4, -0.2) is 17.1 Å². The third-order valence-corrected chi connectivity index (χ3v) is 5.53. The van der Waals surface area contributed by atoms with Crippen LogP contribution in [0.4, 0.5) is 10.5 Å². The van der Waals surface area contributed by atoms with Crippen LogP contribution in [0, 0.1) is 0 Å². The van der Waals surface area contributed by atoms with E-state index in [9.17, 15) is 9.59 Å². The van der Waals surface area contributed by atoms with Crippen molar-refractivity contribution < 1.29 is 19.5 Å². The van der Waals surface area contributed by atoms with E-state index in [-0.39, 0.29) is 6.03 Å². The first-order valence-electron chi connectivity index (χ1n) is 9.45. The number of hydrogen-bond acceptors (Lipinski definition) is 5. The number of ether oxygens (including phenoxy) is 1. The van der Waals surface area contributed by atoms with Crippen LogP contribution < -0.4 is 20.9 Å². The Morgan fingerprint density at radius 3 is 2.52 bits per heavy atom. The maximum Gasteiger partial charge on any atom is 0.319 e. The van der Waals surface area contributed by atoms with Gasteiger partial charge in [-0.1, -0.05) is 36.4 Å². The number of thiophene rings is 1. The van der Waals surface area contributed by atoms with Crippen LogP contribution in [0.25, 0.3) is 10.1 Å². The average Bonchev–Trinajstić information content (AvgIpc) is 3.21. The molecule has 0 aliphatic carbocycles. The lowest BCUT2D eigenvalue weighted by Gasteiger charge is -2.10. The fourth-order valence-electron chi connectivity index (χ4n) is 2.97. The first kappa shape index (κ1) is 20.4. The van der Waals surface area contributed by atoms with E-state index in [1.807, 2.05) is 54.6 Å². The van der Waals surface area contributed by atoms with E-state index >= 15 is 0 Å². The Morgan fingerprint density at radius 2 is 1.71 bits per heavy atom. The minimum absolute atomic E-state index is 0.321. The summed E-state index contributed by atoms with van der Waals surface area (Å²) in [6.07, 6.45) is 0. The minimum Gasteiger partial charge on any atom is -0.457 e. The molecule has 0 radical (unpaired) electrons. The lowest BCUT2D eigenvalue weighted by atomic mass is 10.1. The zero-order valence-corrected chi connectivity index (χ0v) is 17.1. The van der Waals surface area contributed by atoms with E-state index < -0.39 is 5.91 Å². The molecule has 4 rings (SSSR count). The highest BCUT2D eigenvalue weighted by Gasteiger charge is 2.10. The van der Waals surface area contributed by atoms with Gasteiger partial charge in [0.15, 0.2) is 0 Å². The van der Waals surface area contributed by atoms with E-state index in [0.29, 0.717) is 28.6 Å². The second kappa shape index (κ2) is 9.29. The van der Waals surface area contributed by atoms with Crippen molar-refractivity contribution in [3.8, 4) is 11.5 Å². The molecule has 0 atom stereocenters. The molecule has 0 fully saturated rings. The van der Waals surface area contributed by atoms with Crippen LogP contribution in [0.1, 0.15) is 15.2 Å². The lowest BCUT2D eigenvalue weighted by Crippen LogP contribution is -2.28. The van der Waals surface area contributed by atoms with Gasteiger partial charge in [0.05, 0.1) is 4.88 Å². The summed E-state index contributed by atoms with van der Waals surface area (Å²) in [5.41, 5.74) is 3.14. The van der Waals surface area contributed by atoms with Crippen LogP contribution in [0.15, 0.2) is 78.9 Å². The molecule has 0 saturated carbocycles. The Bertz CT molecular complexity index is 1220. The number of carbonyl (C=O) groups is 2. The third-order valence-electron chi connectivity index (χ3n) is 4.43. The van der Waals surface area contributed by atoms with Gasteiger partial charge in [-0.25, -0.2) is 10.3 Å². The van der Waals surface area contributed by atoms with E-state index in [1.54, 1.807) is 29.7 Å². The summed E-state index contributed by atoms with van der Waals surface area (Å²) in [5, 5.41) is 15.3. The Morgan fingerprint density at radius 1 is 0.903 bits per heavy atom. The van der Waals surface area contributed by atoms with Gasteiger partial charge >= 0.3 is 6.03 Å². The molecule has 156 valence electrons. The average molecular weight is 433 g/mol. The summed E-state index contributed by atoms with van der Waals surface area (Å²) < 4.78 is 6.68. The van der Waals surface area contributed by atoms with Gasteiger partial charge in [-0.3, -0.25) is 10.0 Å². The predicted molar refractivity (Wildman–Crippen MR) is 120 cm³/mol. The van der Waals surface area contributed by atoms with Gasteiger partial charge in [-0.2, -0.15) is 0 Å². The maximum atomic E-state index is 12.3. The molecule has 3 aromatic carbocycles. The van der Waals surface area contributed by atoms with Gasteiger partial charge in [0.25, 0.3) is 5.91 Å². The van der Waals surface area contributed by atoms with Crippen LogP contribution in [0.2, 0.25) is 0 Å². The molecule has 7 nitrogen and oxygen atoms in total. The van der Waals surface area contributed by atoms with Crippen molar-refractivity contribution in [1.29, 1.82) is 0 Å². The maximum absolute atomic E-state index is 12.3. The summed E-state index contributed by atoms with van der Waals surface area (Å²) in [7, 11) is 0. The predicted octanol–water partition coefficient (Wildman–Crippen LogP) is 5.13. The highest BCUT2D eigenvalue weighted by molar-refractivity contribution is 7.20. The number of para-hydroxylation sites is 1. The monoisotopic (exact) mass is 433 g/mol. The normalized spacial score (nSPS) is 10.5. The quantitative estimate of drug-likeness (QED) is 0.250. The Balaban J connectivity index is 1.36. The van der Waals surface area contributed by atoms with Crippen molar-refractivity contribution in [2.45, 2.75) is 6.54 Å². The molecule has 3 amide bonds. The zero-order chi connectivity index (χ0) is 21.6.